The van der Waals surface area contributed by atoms with Gasteiger partial charge < -0.3 is 15.4 Å². The number of nitriles is 1. The maximum Gasteiger partial charge on any atom is 0.266 e. The molecule has 0 unspecified atom stereocenters. The van der Waals surface area contributed by atoms with Gasteiger partial charge in [0, 0.05) is 12.2 Å². The van der Waals surface area contributed by atoms with Gasteiger partial charge in [-0.3, -0.25) is 9.59 Å². The van der Waals surface area contributed by atoms with Crippen molar-refractivity contribution in [3.8, 4) is 11.8 Å². The summed E-state index contributed by atoms with van der Waals surface area (Å²) in [5.41, 5.74) is 3.25. The minimum absolute atomic E-state index is 0.00125. The van der Waals surface area contributed by atoms with Gasteiger partial charge in [0.15, 0.2) is 6.61 Å². The van der Waals surface area contributed by atoms with E-state index in [9.17, 15) is 14.9 Å². The first kappa shape index (κ1) is 20.7. The number of nitrogens with one attached hydrogen (secondary N) is 2. The Kier molecular flexibility index (Phi) is 7.35. The standard InChI is InChI=1S/C22H23N3O3/c1-4-24-20(26)14-28-19-10-8-17(9-11-19)12-18(13-23)22(27)25-21-15(2)6-5-7-16(21)3/h5-12H,4,14H2,1-3H3,(H,24,26)(H,25,27)/b18-12-. The van der Waals surface area contributed by atoms with E-state index in [1.54, 1.807) is 24.3 Å². The molecule has 0 aromatic heterocycles. The van der Waals surface area contributed by atoms with E-state index in [0.29, 0.717) is 23.5 Å². The predicted molar refractivity (Wildman–Crippen MR) is 109 cm³/mol. The second kappa shape index (κ2) is 9.93. The van der Waals surface area contributed by atoms with Crippen molar-refractivity contribution in [1.82, 2.24) is 5.32 Å². The van der Waals surface area contributed by atoms with E-state index < -0.39 is 5.91 Å². The summed E-state index contributed by atoms with van der Waals surface area (Å²) in [6.07, 6.45) is 1.51. The number of para-hydroxylation sites is 1. The molecule has 0 bridgehead atoms. The van der Waals surface area contributed by atoms with Crippen molar-refractivity contribution < 1.29 is 14.3 Å². The van der Waals surface area contributed by atoms with Gasteiger partial charge in [-0.05, 0) is 55.7 Å². The topological polar surface area (TPSA) is 91.2 Å². The fraction of sp³-hybridized carbons (Fsp3) is 0.227. The number of hydrogen-bond donors (Lipinski definition) is 2. The molecule has 2 rings (SSSR count). The lowest BCUT2D eigenvalue weighted by Crippen LogP contribution is -2.28. The van der Waals surface area contributed by atoms with E-state index >= 15 is 0 Å². The molecule has 2 aromatic carbocycles. The normalized spacial score (nSPS) is 10.7. The summed E-state index contributed by atoms with van der Waals surface area (Å²) in [6.45, 7) is 6.12. The third kappa shape index (κ3) is 5.71. The van der Waals surface area contributed by atoms with E-state index in [4.69, 9.17) is 4.74 Å². The Labute approximate surface area is 164 Å². The van der Waals surface area contributed by atoms with Crippen LogP contribution in [0.2, 0.25) is 0 Å². The van der Waals surface area contributed by atoms with E-state index in [2.05, 4.69) is 10.6 Å². The van der Waals surface area contributed by atoms with Crippen molar-refractivity contribution >= 4 is 23.6 Å². The summed E-state index contributed by atoms with van der Waals surface area (Å²) < 4.78 is 5.38. The van der Waals surface area contributed by atoms with Crippen LogP contribution in [-0.2, 0) is 9.59 Å². The van der Waals surface area contributed by atoms with Crippen LogP contribution < -0.4 is 15.4 Å². The predicted octanol–water partition coefficient (Wildman–Crippen LogP) is 3.36. The number of ether oxygens (including phenoxy) is 1. The third-order valence-electron chi connectivity index (χ3n) is 4.02. The largest absolute Gasteiger partial charge is 0.484 e. The Morgan fingerprint density at radius 3 is 2.32 bits per heavy atom. The number of carbonyl (C=O) groups excluding carboxylic acids is 2. The summed E-state index contributed by atoms with van der Waals surface area (Å²) in [4.78, 5) is 23.9. The molecular formula is C22H23N3O3. The maximum absolute atomic E-state index is 12.5. The number of anilines is 1. The lowest BCUT2D eigenvalue weighted by molar-refractivity contribution is -0.123. The summed E-state index contributed by atoms with van der Waals surface area (Å²) in [6, 6.07) is 14.5. The Morgan fingerprint density at radius 1 is 1.11 bits per heavy atom. The van der Waals surface area contributed by atoms with Gasteiger partial charge in [0.1, 0.15) is 17.4 Å². The number of amides is 2. The number of nitrogens with zero attached hydrogens (tertiary/aromatic N) is 1. The maximum atomic E-state index is 12.5. The average molecular weight is 377 g/mol. The van der Waals surface area contributed by atoms with E-state index in [1.807, 2.05) is 45.0 Å². The number of carbonyl (C=O) groups is 2. The van der Waals surface area contributed by atoms with Gasteiger partial charge in [0.2, 0.25) is 0 Å². The number of rotatable bonds is 7. The second-order valence-electron chi connectivity index (χ2n) is 6.20. The quantitative estimate of drug-likeness (QED) is 0.572. The molecule has 0 atom stereocenters. The number of hydrogen-bond acceptors (Lipinski definition) is 4. The molecule has 0 aliphatic carbocycles. The Hall–Kier alpha value is -3.59. The molecule has 0 saturated heterocycles. The first-order valence-corrected chi connectivity index (χ1v) is 8.93. The van der Waals surface area contributed by atoms with Crippen LogP contribution in [-0.4, -0.2) is 25.0 Å². The fourth-order valence-corrected chi connectivity index (χ4v) is 2.57. The molecule has 0 aliphatic heterocycles. The van der Waals surface area contributed by atoms with E-state index in [0.717, 1.165) is 11.1 Å². The highest BCUT2D eigenvalue weighted by molar-refractivity contribution is 6.10. The summed E-state index contributed by atoms with van der Waals surface area (Å²) in [7, 11) is 0. The molecule has 0 spiro atoms. The summed E-state index contributed by atoms with van der Waals surface area (Å²) >= 11 is 0. The highest BCUT2D eigenvalue weighted by Crippen LogP contribution is 2.21. The molecule has 6 heteroatoms. The van der Waals surface area contributed by atoms with Crippen LogP contribution in [0.25, 0.3) is 6.08 Å². The molecular weight excluding hydrogens is 354 g/mol. The monoisotopic (exact) mass is 377 g/mol. The second-order valence-corrected chi connectivity index (χ2v) is 6.20. The van der Waals surface area contributed by atoms with E-state index in [1.165, 1.54) is 6.08 Å². The van der Waals surface area contributed by atoms with Crippen molar-refractivity contribution in [3.63, 3.8) is 0 Å². The van der Waals surface area contributed by atoms with Crippen LogP contribution in [0.4, 0.5) is 5.69 Å². The molecule has 2 aromatic rings. The van der Waals surface area contributed by atoms with Gasteiger partial charge in [-0.2, -0.15) is 5.26 Å². The van der Waals surface area contributed by atoms with Gasteiger partial charge in [-0.25, -0.2) is 0 Å². The number of likely N-dealkylation sites (N-methyl/N-ethyl adjacent to an activating group) is 1. The summed E-state index contributed by atoms with van der Waals surface area (Å²) in [5.74, 6) is -0.125. The van der Waals surface area contributed by atoms with Crippen LogP contribution in [0.15, 0.2) is 48.0 Å². The molecule has 2 N–H and O–H groups in total. The van der Waals surface area contributed by atoms with Crippen LogP contribution >= 0.6 is 0 Å². The van der Waals surface area contributed by atoms with E-state index in [-0.39, 0.29) is 18.1 Å². The minimum atomic E-state index is -0.462. The average Bonchev–Trinajstić information content (AvgIpc) is 2.68. The molecule has 0 heterocycles. The van der Waals surface area contributed by atoms with Gasteiger partial charge in [0.25, 0.3) is 11.8 Å². The minimum Gasteiger partial charge on any atom is -0.484 e. The van der Waals surface area contributed by atoms with Gasteiger partial charge >= 0.3 is 0 Å². The Bertz CT molecular complexity index is 905. The van der Waals surface area contributed by atoms with Gasteiger partial charge in [-0.15, -0.1) is 0 Å². The molecule has 2 amide bonds. The van der Waals surface area contributed by atoms with Crippen molar-refractivity contribution in [2.24, 2.45) is 0 Å². The van der Waals surface area contributed by atoms with Gasteiger partial charge in [-0.1, -0.05) is 30.3 Å². The van der Waals surface area contributed by atoms with Crippen LogP contribution in [0, 0.1) is 25.2 Å². The van der Waals surface area contributed by atoms with Crippen molar-refractivity contribution in [2.75, 3.05) is 18.5 Å². The SMILES string of the molecule is CCNC(=O)COc1ccc(/C=C(/C#N)C(=O)Nc2c(C)cccc2C)cc1. The molecule has 144 valence electrons. The molecule has 0 fully saturated rings. The van der Waals surface area contributed by atoms with Crippen molar-refractivity contribution in [3.05, 3.63) is 64.7 Å². The smallest absolute Gasteiger partial charge is 0.266 e. The zero-order valence-electron chi connectivity index (χ0n) is 16.2. The molecule has 6 nitrogen and oxygen atoms in total. The molecule has 28 heavy (non-hydrogen) atoms. The zero-order chi connectivity index (χ0) is 20.5. The highest BCUT2D eigenvalue weighted by atomic mass is 16.5. The first-order chi connectivity index (χ1) is 13.4. The highest BCUT2D eigenvalue weighted by Gasteiger charge is 2.12. The lowest BCUT2D eigenvalue weighted by Gasteiger charge is -2.11. The molecule has 0 radical (unpaired) electrons. The van der Waals surface area contributed by atoms with Crippen molar-refractivity contribution in [1.29, 1.82) is 5.26 Å². The number of aryl methyl sites for hydroxylation is 2. The lowest BCUT2D eigenvalue weighted by atomic mass is 10.1. The molecule has 0 saturated carbocycles. The third-order valence-corrected chi connectivity index (χ3v) is 4.02. The van der Waals surface area contributed by atoms with Gasteiger partial charge in [0.05, 0.1) is 0 Å². The van der Waals surface area contributed by atoms with Crippen LogP contribution in [0.5, 0.6) is 5.75 Å². The zero-order valence-corrected chi connectivity index (χ0v) is 16.2. The Balaban J connectivity index is 2.08. The molecule has 0 aliphatic rings. The number of benzene rings is 2. The first-order valence-electron chi connectivity index (χ1n) is 8.93. The Morgan fingerprint density at radius 2 is 1.75 bits per heavy atom. The fourth-order valence-electron chi connectivity index (χ4n) is 2.57. The summed E-state index contributed by atoms with van der Waals surface area (Å²) in [5, 5.41) is 14.8. The van der Waals surface area contributed by atoms with Crippen molar-refractivity contribution in [2.45, 2.75) is 20.8 Å². The van der Waals surface area contributed by atoms with Crippen LogP contribution in [0.3, 0.4) is 0 Å². The van der Waals surface area contributed by atoms with Crippen LogP contribution in [0.1, 0.15) is 23.6 Å².